The van der Waals surface area contributed by atoms with E-state index >= 15 is 0 Å². The summed E-state index contributed by atoms with van der Waals surface area (Å²) in [5, 5.41) is 9.92. The van der Waals surface area contributed by atoms with Crippen molar-refractivity contribution in [3.63, 3.8) is 0 Å². The van der Waals surface area contributed by atoms with E-state index in [1.54, 1.807) is 0 Å². The zero-order chi connectivity index (χ0) is 11.8. The van der Waals surface area contributed by atoms with Gasteiger partial charge in [0.15, 0.2) is 0 Å². The second-order valence-corrected chi connectivity index (χ2v) is 4.83. The summed E-state index contributed by atoms with van der Waals surface area (Å²) in [6.45, 7) is 5.39. The molecule has 0 spiro atoms. The van der Waals surface area contributed by atoms with Crippen molar-refractivity contribution in [2.45, 2.75) is 25.9 Å². The average Bonchev–Trinajstić information content (AvgIpc) is 2.58. The Bertz CT molecular complexity index is 412. The lowest BCUT2D eigenvalue weighted by Gasteiger charge is -2.22. The molecule has 1 fully saturated rings. The topological polar surface area (TPSA) is 40.5 Å². The number of anilines is 1. The van der Waals surface area contributed by atoms with Crippen molar-refractivity contribution in [1.29, 1.82) is 0 Å². The van der Waals surface area contributed by atoms with Crippen LogP contribution in [0, 0.1) is 6.92 Å². The van der Waals surface area contributed by atoms with Crippen LogP contribution in [0.25, 0.3) is 0 Å². The third-order valence-electron chi connectivity index (χ3n) is 3.15. The molecular formula is C13H17NO2. The van der Waals surface area contributed by atoms with Crippen LogP contribution in [-0.4, -0.2) is 30.1 Å². The highest BCUT2D eigenvalue weighted by Crippen LogP contribution is 2.29. The zero-order valence-electron chi connectivity index (χ0n) is 9.73. The van der Waals surface area contributed by atoms with Crippen molar-refractivity contribution in [1.82, 2.24) is 0 Å². The molecule has 0 aromatic heterocycles. The summed E-state index contributed by atoms with van der Waals surface area (Å²) in [4.78, 5) is 12.8. The summed E-state index contributed by atoms with van der Waals surface area (Å²) >= 11 is 0. The van der Waals surface area contributed by atoms with Crippen LogP contribution in [0.2, 0.25) is 0 Å². The predicted octanol–water partition coefficient (Wildman–Crippen LogP) is 1.77. The van der Waals surface area contributed by atoms with E-state index in [9.17, 15) is 9.90 Å². The van der Waals surface area contributed by atoms with Gasteiger partial charge in [-0.3, -0.25) is 4.79 Å². The van der Waals surface area contributed by atoms with Gasteiger partial charge < -0.3 is 10.0 Å². The molecule has 3 heteroatoms. The van der Waals surface area contributed by atoms with E-state index < -0.39 is 5.60 Å². The first-order valence-electron chi connectivity index (χ1n) is 5.55. The molecule has 1 atom stereocenters. The van der Waals surface area contributed by atoms with Crippen LogP contribution < -0.4 is 4.90 Å². The number of carbonyl (C=O) groups is 1. The molecule has 1 aromatic rings. The van der Waals surface area contributed by atoms with Gasteiger partial charge in [0, 0.05) is 24.3 Å². The van der Waals surface area contributed by atoms with Crippen molar-refractivity contribution < 1.29 is 9.90 Å². The first-order valence-corrected chi connectivity index (χ1v) is 5.55. The van der Waals surface area contributed by atoms with E-state index in [-0.39, 0.29) is 0 Å². The van der Waals surface area contributed by atoms with Gasteiger partial charge in [0.05, 0.1) is 5.60 Å². The highest BCUT2D eigenvalue weighted by molar-refractivity contribution is 5.77. The number of benzene rings is 1. The fourth-order valence-corrected chi connectivity index (χ4v) is 2.26. The number of aryl methyl sites for hydroxylation is 1. The Balaban J connectivity index is 2.25. The number of nitrogens with zero attached hydrogens (tertiary/aromatic N) is 1. The SMILES string of the molecule is Cc1cc(C=O)ccc1N1CCC(C)(O)C1. The Morgan fingerprint density at radius 3 is 2.75 bits per heavy atom. The predicted molar refractivity (Wildman–Crippen MR) is 64.0 cm³/mol. The van der Waals surface area contributed by atoms with Crippen LogP contribution in [0.5, 0.6) is 0 Å². The minimum absolute atomic E-state index is 0.588. The van der Waals surface area contributed by atoms with Crippen LogP contribution in [0.3, 0.4) is 0 Å². The first-order chi connectivity index (χ1) is 7.52. The summed E-state index contributed by atoms with van der Waals surface area (Å²) in [7, 11) is 0. The molecule has 0 radical (unpaired) electrons. The molecule has 86 valence electrons. The van der Waals surface area contributed by atoms with Gasteiger partial charge in [-0.2, -0.15) is 0 Å². The summed E-state index contributed by atoms with van der Waals surface area (Å²) in [6.07, 6.45) is 1.65. The molecule has 2 rings (SSSR count). The lowest BCUT2D eigenvalue weighted by atomic mass is 10.1. The maximum atomic E-state index is 10.6. The summed E-state index contributed by atoms with van der Waals surface area (Å²) in [6, 6.07) is 5.66. The van der Waals surface area contributed by atoms with E-state index in [0.717, 1.165) is 30.5 Å². The number of rotatable bonds is 2. The molecule has 0 saturated carbocycles. The van der Waals surface area contributed by atoms with Gasteiger partial charge in [0.25, 0.3) is 0 Å². The number of aldehydes is 1. The molecule has 0 bridgehead atoms. The lowest BCUT2D eigenvalue weighted by Crippen LogP contribution is -2.29. The Labute approximate surface area is 95.7 Å². The van der Waals surface area contributed by atoms with Crippen LogP contribution in [0.4, 0.5) is 5.69 Å². The Kier molecular flexibility index (Phi) is 2.72. The van der Waals surface area contributed by atoms with Crippen molar-refractivity contribution in [3.8, 4) is 0 Å². The third-order valence-corrected chi connectivity index (χ3v) is 3.15. The molecule has 1 unspecified atom stereocenters. The third kappa shape index (κ3) is 2.09. The minimum Gasteiger partial charge on any atom is -0.388 e. The Morgan fingerprint density at radius 2 is 2.25 bits per heavy atom. The Hall–Kier alpha value is -1.35. The van der Waals surface area contributed by atoms with Crippen molar-refractivity contribution in [3.05, 3.63) is 29.3 Å². The van der Waals surface area contributed by atoms with E-state index in [4.69, 9.17) is 0 Å². The van der Waals surface area contributed by atoms with Gasteiger partial charge >= 0.3 is 0 Å². The van der Waals surface area contributed by atoms with Gasteiger partial charge in [0.2, 0.25) is 0 Å². The molecule has 3 nitrogen and oxygen atoms in total. The van der Waals surface area contributed by atoms with Gasteiger partial charge in [-0.15, -0.1) is 0 Å². The standard InChI is InChI=1S/C13H17NO2/c1-10-7-11(8-15)3-4-12(10)14-6-5-13(2,16)9-14/h3-4,7-8,16H,5-6,9H2,1-2H3. The minimum atomic E-state index is -0.588. The lowest BCUT2D eigenvalue weighted by molar-refractivity contribution is 0.0839. The summed E-state index contributed by atoms with van der Waals surface area (Å²) < 4.78 is 0. The molecule has 1 heterocycles. The molecule has 0 amide bonds. The monoisotopic (exact) mass is 219 g/mol. The highest BCUT2D eigenvalue weighted by atomic mass is 16.3. The zero-order valence-corrected chi connectivity index (χ0v) is 9.73. The number of hydrogen-bond donors (Lipinski definition) is 1. The average molecular weight is 219 g/mol. The quantitative estimate of drug-likeness (QED) is 0.771. The molecule has 16 heavy (non-hydrogen) atoms. The molecule has 1 aliphatic heterocycles. The van der Waals surface area contributed by atoms with Crippen LogP contribution in [0.15, 0.2) is 18.2 Å². The fourth-order valence-electron chi connectivity index (χ4n) is 2.26. The fraction of sp³-hybridized carbons (Fsp3) is 0.462. The maximum absolute atomic E-state index is 10.6. The summed E-state index contributed by atoms with van der Waals surface area (Å²) in [5.74, 6) is 0. The van der Waals surface area contributed by atoms with Crippen LogP contribution in [0.1, 0.15) is 29.3 Å². The van der Waals surface area contributed by atoms with E-state index in [1.165, 1.54) is 0 Å². The van der Waals surface area contributed by atoms with Gasteiger partial charge in [0.1, 0.15) is 6.29 Å². The van der Waals surface area contributed by atoms with E-state index in [1.807, 2.05) is 32.0 Å². The largest absolute Gasteiger partial charge is 0.388 e. The molecule has 1 saturated heterocycles. The maximum Gasteiger partial charge on any atom is 0.150 e. The first kappa shape index (κ1) is 11.1. The number of carbonyl (C=O) groups excluding carboxylic acids is 1. The van der Waals surface area contributed by atoms with Crippen LogP contribution in [-0.2, 0) is 0 Å². The van der Waals surface area contributed by atoms with Crippen LogP contribution >= 0.6 is 0 Å². The Morgan fingerprint density at radius 1 is 1.50 bits per heavy atom. The van der Waals surface area contributed by atoms with E-state index in [0.29, 0.717) is 12.1 Å². The molecule has 0 aliphatic carbocycles. The number of hydrogen-bond acceptors (Lipinski definition) is 3. The molecule has 1 N–H and O–H groups in total. The summed E-state index contributed by atoms with van der Waals surface area (Å²) in [5.41, 5.74) is 2.31. The highest BCUT2D eigenvalue weighted by Gasteiger charge is 2.31. The normalized spacial score (nSPS) is 24.8. The van der Waals surface area contributed by atoms with Gasteiger partial charge in [-0.25, -0.2) is 0 Å². The van der Waals surface area contributed by atoms with Crippen molar-refractivity contribution >= 4 is 12.0 Å². The van der Waals surface area contributed by atoms with Gasteiger partial charge in [-0.05, 0) is 44.0 Å². The smallest absolute Gasteiger partial charge is 0.150 e. The van der Waals surface area contributed by atoms with E-state index in [2.05, 4.69) is 4.90 Å². The number of β-amino-alcohol motifs (C(OH)–C–C–N with tert-alkyl or cyclic N) is 1. The van der Waals surface area contributed by atoms with Crippen molar-refractivity contribution in [2.24, 2.45) is 0 Å². The number of aliphatic hydroxyl groups is 1. The molecular weight excluding hydrogens is 202 g/mol. The van der Waals surface area contributed by atoms with Gasteiger partial charge in [-0.1, -0.05) is 0 Å². The molecule has 1 aliphatic rings. The second-order valence-electron chi connectivity index (χ2n) is 4.83. The second kappa shape index (κ2) is 3.91. The molecule has 1 aromatic carbocycles. The van der Waals surface area contributed by atoms with Crippen molar-refractivity contribution in [2.75, 3.05) is 18.0 Å².